The van der Waals surface area contributed by atoms with E-state index in [2.05, 4.69) is 10.3 Å². The summed E-state index contributed by atoms with van der Waals surface area (Å²) in [6, 6.07) is 7.30. The number of methoxy groups -OCH3 is 1. The molecule has 1 spiro atoms. The predicted molar refractivity (Wildman–Crippen MR) is 126 cm³/mol. The lowest BCUT2D eigenvalue weighted by molar-refractivity contribution is -0.162. The summed E-state index contributed by atoms with van der Waals surface area (Å²) in [4.78, 5) is 21.5. The van der Waals surface area contributed by atoms with E-state index in [4.69, 9.17) is 36.5 Å². The number of halogens is 1. The molecule has 1 unspecified atom stereocenters. The van der Waals surface area contributed by atoms with Crippen LogP contribution in [-0.2, 0) is 9.47 Å². The van der Waals surface area contributed by atoms with E-state index >= 15 is 0 Å². The number of nitrogens with one attached hydrogen (secondary N) is 1. The fourth-order valence-corrected chi connectivity index (χ4v) is 5.88. The van der Waals surface area contributed by atoms with Crippen LogP contribution in [0.4, 0.5) is 11.4 Å². The van der Waals surface area contributed by atoms with Crippen molar-refractivity contribution >= 4 is 40.2 Å². The number of benzene rings is 1. The number of anilines is 2. The first-order chi connectivity index (χ1) is 16.0. The number of carbonyl (C=O) groups excluding carboxylic acids is 1. The standard InChI is InChI=1S/C23H23ClN4O4S/c1-30-20-13(4-2-6-16(20)28-17-10-19(24)26-11-14(17)21(25)29)18-12-27-22(33-18)15-5-3-7-23(15)31-8-9-32-23/h2,4,6,10-12,15H,3,5,7-9H2,1H3,(H2,25,29)(H,26,28). The third-order valence-electron chi connectivity index (χ3n) is 6.04. The van der Waals surface area contributed by atoms with Gasteiger partial charge < -0.3 is 25.3 Å². The van der Waals surface area contributed by atoms with Gasteiger partial charge in [0.15, 0.2) is 11.5 Å². The first-order valence-corrected chi connectivity index (χ1v) is 11.8. The average Bonchev–Trinajstić information content (AvgIpc) is 3.55. The maximum Gasteiger partial charge on any atom is 0.252 e. The number of primary amides is 1. The Morgan fingerprint density at radius 3 is 2.85 bits per heavy atom. The van der Waals surface area contributed by atoms with Crippen molar-refractivity contribution in [3.63, 3.8) is 0 Å². The topological polar surface area (TPSA) is 109 Å². The molecule has 3 heterocycles. The molecule has 33 heavy (non-hydrogen) atoms. The summed E-state index contributed by atoms with van der Waals surface area (Å²) in [5, 5.41) is 4.46. The summed E-state index contributed by atoms with van der Waals surface area (Å²) in [6.07, 6.45) is 6.15. The van der Waals surface area contributed by atoms with Gasteiger partial charge in [-0.05, 0) is 31.0 Å². The molecule has 10 heteroatoms. The largest absolute Gasteiger partial charge is 0.494 e. The van der Waals surface area contributed by atoms with Gasteiger partial charge in [0.1, 0.15) is 10.2 Å². The number of aromatic nitrogens is 2. The highest BCUT2D eigenvalue weighted by molar-refractivity contribution is 7.15. The van der Waals surface area contributed by atoms with E-state index < -0.39 is 11.7 Å². The second-order valence-corrected chi connectivity index (χ2v) is 9.39. The van der Waals surface area contributed by atoms with Crippen LogP contribution in [0, 0.1) is 0 Å². The Morgan fingerprint density at radius 2 is 2.09 bits per heavy atom. The van der Waals surface area contributed by atoms with E-state index in [0.29, 0.717) is 30.3 Å². The molecule has 1 atom stereocenters. The SMILES string of the molecule is COc1c(Nc2cc(Cl)ncc2C(N)=O)cccc1-c1cnc(C2CCCC23OCCO3)s1. The van der Waals surface area contributed by atoms with Gasteiger partial charge in [-0.1, -0.05) is 17.7 Å². The molecule has 1 aliphatic carbocycles. The molecular formula is C23H23ClN4O4S. The van der Waals surface area contributed by atoms with Gasteiger partial charge in [-0.2, -0.15) is 0 Å². The second-order valence-electron chi connectivity index (χ2n) is 7.94. The molecular weight excluding hydrogens is 464 g/mol. The summed E-state index contributed by atoms with van der Waals surface area (Å²) in [5.41, 5.74) is 7.73. The lowest BCUT2D eigenvalue weighted by Crippen LogP contribution is -2.32. The normalized spacial score (nSPS) is 19.2. The first kappa shape index (κ1) is 22.1. The molecule has 172 valence electrons. The van der Waals surface area contributed by atoms with Crippen molar-refractivity contribution in [2.75, 3.05) is 25.6 Å². The summed E-state index contributed by atoms with van der Waals surface area (Å²) in [7, 11) is 1.60. The number of rotatable bonds is 6. The predicted octanol–water partition coefficient (Wildman–Crippen LogP) is 4.72. The molecule has 3 aromatic rings. The smallest absolute Gasteiger partial charge is 0.252 e. The van der Waals surface area contributed by atoms with Crippen molar-refractivity contribution in [1.82, 2.24) is 9.97 Å². The number of nitrogens with zero attached hydrogens (tertiary/aromatic N) is 2. The molecule has 1 aliphatic heterocycles. The van der Waals surface area contributed by atoms with Crippen molar-refractivity contribution in [3.8, 4) is 16.2 Å². The molecule has 1 saturated heterocycles. The summed E-state index contributed by atoms with van der Waals surface area (Å²) in [6.45, 7) is 1.26. The van der Waals surface area contributed by atoms with E-state index in [1.165, 1.54) is 6.20 Å². The second kappa shape index (κ2) is 8.90. The number of thiazole rings is 1. The van der Waals surface area contributed by atoms with Crippen LogP contribution in [0.2, 0.25) is 5.15 Å². The van der Waals surface area contributed by atoms with E-state index in [1.807, 2.05) is 24.4 Å². The average molecular weight is 487 g/mol. The lowest BCUT2D eigenvalue weighted by atomic mass is 10.0. The van der Waals surface area contributed by atoms with Gasteiger partial charge >= 0.3 is 0 Å². The first-order valence-electron chi connectivity index (χ1n) is 10.6. The van der Waals surface area contributed by atoms with Crippen molar-refractivity contribution in [2.24, 2.45) is 5.73 Å². The molecule has 8 nitrogen and oxygen atoms in total. The highest BCUT2D eigenvalue weighted by Gasteiger charge is 2.49. The maximum absolute atomic E-state index is 11.8. The molecule has 0 bridgehead atoms. The number of pyridine rings is 1. The Morgan fingerprint density at radius 1 is 1.27 bits per heavy atom. The Balaban J connectivity index is 1.49. The number of amides is 1. The van der Waals surface area contributed by atoms with Crippen LogP contribution >= 0.6 is 22.9 Å². The van der Waals surface area contributed by atoms with Crippen LogP contribution in [0.1, 0.15) is 40.5 Å². The van der Waals surface area contributed by atoms with Gasteiger partial charge in [-0.15, -0.1) is 11.3 Å². The van der Waals surface area contributed by atoms with Crippen LogP contribution in [0.15, 0.2) is 36.7 Å². The van der Waals surface area contributed by atoms with Gasteiger partial charge in [0.25, 0.3) is 5.91 Å². The quantitative estimate of drug-likeness (QED) is 0.485. The third-order valence-corrected chi connectivity index (χ3v) is 7.39. The Hall–Kier alpha value is -2.72. The van der Waals surface area contributed by atoms with E-state index in [0.717, 1.165) is 34.7 Å². The van der Waals surface area contributed by atoms with Crippen molar-refractivity contribution in [2.45, 2.75) is 31.0 Å². The Kier molecular flexibility index (Phi) is 5.96. The molecule has 0 radical (unpaired) electrons. The molecule has 3 N–H and O–H groups in total. The maximum atomic E-state index is 11.8. The van der Waals surface area contributed by atoms with Crippen molar-refractivity contribution in [1.29, 1.82) is 0 Å². The molecule has 2 fully saturated rings. The lowest BCUT2D eigenvalue weighted by Gasteiger charge is -2.27. The zero-order valence-corrected chi connectivity index (χ0v) is 19.5. The molecule has 1 saturated carbocycles. The van der Waals surface area contributed by atoms with E-state index in [-0.39, 0.29) is 16.6 Å². The number of hydrogen-bond acceptors (Lipinski definition) is 8. The van der Waals surface area contributed by atoms with Crippen molar-refractivity contribution < 1.29 is 19.0 Å². The van der Waals surface area contributed by atoms with Gasteiger partial charge in [0.05, 0.1) is 48.1 Å². The fraction of sp³-hybridized carbons (Fsp3) is 0.348. The minimum atomic E-state index is -0.606. The molecule has 2 aromatic heterocycles. The Labute approximate surface area is 200 Å². The minimum absolute atomic E-state index is 0.128. The van der Waals surface area contributed by atoms with Crippen LogP contribution in [0.25, 0.3) is 10.4 Å². The summed E-state index contributed by atoms with van der Waals surface area (Å²) < 4.78 is 17.8. The molecule has 5 rings (SSSR count). The number of ether oxygens (including phenoxy) is 3. The number of para-hydroxylation sites is 1. The van der Waals surface area contributed by atoms with Crippen LogP contribution < -0.4 is 15.8 Å². The molecule has 1 aromatic carbocycles. The zero-order chi connectivity index (χ0) is 23.0. The summed E-state index contributed by atoms with van der Waals surface area (Å²) in [5.74, 6) is -0.395. The van der Waals surface area contributed by atoms with Crippen LogP contribution in [0.5, 0.6) is 5.75 Å². The van der Waals surface area contributed by atoms with Crippen molar-refractivity contribution in [3.05, 3.63) is 52.4 Å². The Bertz CT molecular complexity index is 1190. The number of hydrogen-bond donors (Lipinski definition) is 2. The van der Waals surface area contributed by atoms with E-state index in [9.17, 15) is 4.79 Å². The number of carbonyl (C=O) groups is 1. The van der Waals surface area contributed by atoms with Gasteiger partial charge in [-0.25, -0.2) is 9.97 Å². The van der Waals surface area contributed by atoms with Crippen LogP contribution in [0.3, 0.4) is 0 Å². The monoisotopic (exact) mass is 486 g/mol. The van der Waals surface area contributed by atoms with E-state index in [1.54, 1.807) is 24.5 Å². The van der Waals surface area contributed by atoms with Gasteiger partial charge in [-0.3, -0.25) is 4.79 Å². The highest BCUT2D eigenvalue weighted by atomic mass is 35.5. The third kappa shape index (κ3) is 4.06. The van der Waals surface area contributed by atoms with Gasteiger partial charge in [0.2, 0.25) is 0 Å². The zero-order valence-electron chi connectivity index (χ0n) is 18.0. The minimum Gasteiger partial charge on any atom is -0.494 e. The number of nitrogens with two attached hydrogens (primary N) is 1. The van der Waals surface area contributed by atoms with Crippen LogP contribution in [-0.4, -0.2) is 42.0 Å². The molecule has 2 aliphatic rings. The highest BCUT2D eigenvalue weighted by Crippen LogP contribution is 2.50. The fourth-order valence-electron chi connectivity index (χ4n) is 4.57. The summed E-state index contributed by atoms with van der Waals surface area (Å²) >= 11 is 7.66. The molecule has 1 amide bonds. The van der Waals surface area contributed by atoms with Gasteiger partial charge in [0, 0.05) is 24.4 Å².